The van der Waals surface area contributed by atoms with Crippen molar-refractivity contribution in [3.05, 3.63) is 28.7 Å². The minimum absolute atomic E-state index is 0.145. The van der Waals surface area contributed by atoms with Crippen molar-refractivity contribution >= 4 is 50.4 Å². The quantitative estimate of drug-likeness (QED) is 0.852. The first-order valence-electron chi connectivity index (χ1n) is 7.72. The summed E-state index contributed by atoms with van der Waals surface area (Å²) in [6, 6.07) is 7.42. The number of para-hydroxylation sites is 1. The van der Waals surface area contributed by atoms with Crippen molar-refractivity contribution in [2.24, 2.45) is 4.99 Å². The number of piperidine rings is 1. The standard InChI is InChI=1S/C16H18BrN3O2S/c17-11-6-2-3-7-12(11)18-14(21)10-13-15(22)19-16(23-13)20-8-4-1-5-9-20/h2-3,6-7,13H,1,4-5,8-10H2,(H,18,21). The summed E-state index contributed by atoms with van der Waals surface area (Å²) in [7, 11) is 0. The molecule has 0 saturated carbocycles. The highest BCUT2D eigenvalue weighted by Crippen LogP contribution is 2.29. The van der Waals surface area contributed by atoms with Crippen LogP contribution in [0.3, 0.4) is 0 Å². The van der Waals surface area contributed by atoms with E-state index in [0.717, 1.165) is 35.6 Å². The Morgan fingerprint density at radius 1 is 1.30 bits per heavy atom. The molecule has 0 bridgehead atoms. The van der Waals surface area contributed by atoms with Crippen molar-refractivity contribution in [1.29, 1.82) is 0 Å². The van der Waals surface area contributed by atoms with Crippen LogP contribution in [0.25, 0.3) is 0 Å². The summed E-state index contributed by atoms with van der Waals surface area (Å²) in [6.07, 6.45) is 3.66. The normalized spacial score (nSPS) is 21.3. The number of carbonyl (C=O) groups excluding carboxylic acids is 2. The highest BCUT2D eigenvalue weighted by molar-refractivity contribution is 9.10. The second kappa shape index (κ2) is 7.49. The number of carbonyl (C=O) groups is 2. The van der Waals surface area contributed by atoms with Crippen molar-refractivity contribution in [2.45, 2.75) is 30.9 Å². The van der Waals surface area contributed by atoms with Gasteiger partial charge in [0.05, 0.1) is 5.69 Å². The van der Waals surface area contributed by atoms with E-state index in [9.17, 15) is 9.59 Å². The van der Waals surface area contributed by atoms with Gasteiger partial charge in [-0.1, -0.05) is 23.9 Å². The van der Waals surface area contributed by atoms with Crippen LogP contribution in [0.4, 0.5) is 5.69 Å². The Morgan fingerprint density at radius 2 is 2.04 bits per heavy atom. The lowest BCUT2D eigenvalue weighted by atomic mass is 10.1. The molecule has 2 amide bonds. The first kappa shape index (κ1) is 16.5. The van der Waals surface area contributed by atoms with E-state index in [-0.39, 0.29) is 18.2 Å². The SMILES string of the molecule is O=C(CC1SC(N2CCCCC2)=NC1=O)Nc1ccccc1Br. The number of hydrogen-bond acceptors (Lipinski definition) is 4. The zero-order chi connectivity index (χ0) is 16.2. The fourth-order valence-electron chi connectivity index (χ4n) is 2.66. The minimum Gasteiger partial charge on any atom is -0.351 e. The predicted octanol–water partition coefficient (Wildman–Crippen LogP) is 3.26. The molecule has 2 heterocycles. The molecule has 122 valence electrons. The maximum Gasteiger partial charge on any atom is 0.262 e. The lowest BCUT2D eigenvalue weighted by Crippen LogP contribution is -2.33. The molecule has 0 radical (unpaired) electrons. The molecule has 1 aromatic rings. The first-order chi connectivity index (χ1) is 11.1. The summed E-state index contributed by atoms with van der Waals surface area (Å²) in [6.45, 7) is 1.91. The molecular formula is C16H18BrN3O2S. The van der Waals surface area contributed by atoms with Crippen LogP contribution in [0.5, 0.6) is 0 Å². The van der Waals surface area contributed by atoms with E-state index in [1.165, 1.54) is 18.2 Å². The van der Waals surface area contributed by atoms with Crippen molar-refractivity contribution < 1.29 is 9.59 Å². The van der Waals surface area contributed by atoms with Gasteiger partial charge in [0.25, 0.3) is 5.91 Å². The van der Waals surface area contributed by atoms with Gasteiger partial charge in [0.15, 0.2) is 5.17 Å². The highest BCUT2D eigenvalue weighted by Gasteiger charge is 2.33. The molecule has 0 aliphatic carbocycles. The van der Waals surface area contributed by atoms with E-state index in [0.29, 0.717) is 5.69 Å². The first-order valence-corrected chi connectivity index (χ1v) is 9.39. The molecule has 7 heteroatoms. The molecule has 2 aliphatic heterocycles. The lowest BCUT2D eigenvalue weighted by Gasteiger charge is -2.27. The average molecular weight is 396 g/mol. The van der Waals surface area contributed by atoms with E-state index < -0.39 is 5.25 Å². The third-order valence-electron chi connectivity index (χ3n) is 3.87. The third-order valence-corrected chi connectivity index (χ3v) is 5.78. The monoisotopic (exact) mass is 395 g/mol. The fraction of sp³-hybridized carbons (Fsp3) is 0.438. The van der Waals surface area contributed by atoms with Gasteiger partial charge < -0.3 is 10.2 Å². The molecule has 1 unspecified atom stereocenters. The van der Waals surface area contributed by atoms with Gasteiger partial charge in [-0.25, -0.2) is 0 Å². The van der Waals surface area contributed by atoms with Crippen LogP contribution in [0, 0.1) is 0 Å². The minimum atomic E-state index is -0.408. The van der Waals surface area contributed by atoms with Gasteiger partial charge in [0, 0.05) is 24.0 Å². The Kier molecular flexibility index (Phi) is 5.38. The maximum absolute atomic E-state index is 12.2. The summed E-state index contributed by atoms with van der Waals surface area (Å²) in [5.74, 6) is -0.365. The largest absolute Gasteiger partial charge is 0.351 e. The molecule has 23 heavy (non-hydrogen) atoms. The number of thioether (sulfide) groups is 1. The Balaban J connectivity index is 1.56. The Labute approximate surface area is 148 Å². The molecule has 2 aliphatic rings. The number of benzene rings is 1. The van der Waals surface area contributed by atoms with Gasteiger partial charge in [-0.3, -0.25) is 9.59 Å². The zero-order valence-corrected chi connectivity index (χ0v) is 15.0. The van der Waals surface area contributed by atoms with Crippen molar-refractivity contribution in [3.63, 3.8) is 0 Å². The molecule has 0 spiro atoms. The van der Waals surface area contributed by atoms with E-state index in [2.05, 4.69) is 31.1 Å². The van der Waals surface area contributed by atoms with E-state index in [1.807, 2.05) is 24.3 Å². The second-order valence-corrected chi connectivity index (χ2v) is 7.64. The van der Waals surface area contributed by atoms with Gasteiger partial charge in [0.2, 0.25) is 5.91 Å². The molecule has 1 fully saturated rings. The van der Waals surface area contributed by atoms with Gasteiger partial charge in [-0.15, -0.1) is 0 Å². The zero-order valence-electron chi connectivity index (χ0n) is 12.6. The topological polar surface area (TPSA) is 61.8 Å². The molecule has 0 aromatic heterocycles. The Morgan fingerprint density at radius 3 is 2.78 bits per heavy atom. The number of aliphatic imine (C=N–C) groups is 1. The van der Waals surface area contributed by atoms with Crippen molar-refractivity contribution in [3.8, 4) is 0 Å². The van der Waals surface area contributed by atoms with Gasteiger partial charge in [-0.05, 0) is 47.3 Å². The number of nitrogens with zero attached hydrogens (tertiary/aromatic N) is 2. The Hall–Kier alpha value is -1.34. The van der Waals surface area contributed by atoms with Gasteiger partial charge >= 0.3 is 0 Å². The number of rotatable bonds is 3. The maximum atomic E-state index is 12.2. The van der Waals surface area contributed by atoms with Crippen LogP contribution in [0.1, 0.15) is 25.7 Å². The van der Waals surface area contributed by atoms with E-state index >= 15 is 0 Å². The van der Waals surface area contributed by atoms with Crippen LogP contribution in [0.15, 0.2) is 33.7 Å². The summed E-state index contributed by atoms with van der Waals surface area (Å²) in [4.78, 5) is 30.6. The smallest absolute Gasteiger partial charge is 0.262 e. The molecule has 5 nitrogen and oxygen atoms in total. The summed E-state index contributed by atoms with van der Waals surface area (Å²) in [5.41, 5.74) is 0.713. The summed E-state index contributed by atoms with van der Waals surface area (Å²) < 4.78 is 0.823. The van der Waals surface area contributed by atoms with Crippen molar-refractivity contribution in [1.82, 2.24) is 4.90 Å². The number of halogens is 1. The number of nitrogens with one attached hydrogen (secondary N) is 1. The number of likely N-dealkylation sites (tertiary alicyclic amines) is 1. The number of amides is 2. The molecule has 1 N–H and O–H groups in total. The van der Waals surface area contributed by atoms with E-state index in [4.69, 9.17) is 0 Å². The number of anilines is 1. The van der Waals surface area contributed by atoms with Crippen LogP contribution in [0.2, 0.25) is 0 Å². The highest BCUT2D eigenvalue weighted by atomic mass is 79.9. The van der Waals surface area contributed by atoms with Crippen LogP contribution in [-0.4, -0.2) is 40.2 Å². The number of amidine groups is 1. The predicted molar refractivity (Wildman–Crippen MR) is 96.6 cm³/mol. The third kappa shape index (κ3) is 4.14. The molecule has 1 atom stereocenters. The molecule has 1 saturated heterocycles. The average Bonchev–Trinajstić information content (AvgIpc) is 2.91. The Bertz CT molecular complexity index is 644. The van der Waals surface area contributed by atoms with Crippen LogP contribution in [-0.2, 0) is 9.59 Å². The molecule has 1 aromatic carbocycles. The summed E-state index contributed by atoms with van der Waals surface area (Å²) in [5, 5.41) is 3.21. The second-order valence-electron chi connectivity index (χ2n) is 5.62. The van der Waals surface area contributed by atoms with Gasteiger partial charge in [0.1, 0.15) is 5.25 Å². The lowest BCUT2D eigenvalue weighted by molar-refractivity contribution is -0.121. The molecular weight excluding hydrogens is 378 g/mol. The fourth-order valence-corrected chi connectivity index (χ4v) is 4.16. The van der Waals surface area contributed by atoms with E-state index in [1.54, 1.807) is 0 Å². The van der Waals surface area contributed by atoms with Crippen molar-refractivity contribution in [2.75, 3.05) is 18.4 Å². The number of hydrogen-bond donors (Lipinski definition) is 1. The van der Waals surface area contributed by atoms with Gasteiger partial charge in [-0.2, -0.15) is 4.99 Å². The summed E-state index contributed by atoms with van der Waals surface area (Å²) >= 11 is 4.82. The van der Waals surface area contributed by atoms with Crippen LogP contribution >= 0.6 is 27.7 Å². The molecule has 3 rings (SSSR count). The van der Waals surface area contributed by atoms with Crippen LogP contribution < -0.4 is 5.32 Å².